The molecule has 2 aromatic carbocycles. The smallest absolute Gasteiger partial charge is 0.258 e. The lowest BCUT2D eigenvalue weighted by atomic mass is 9.89. The molecule has 0 unspecified atom stereocenters. The van der Waals surface area contributed by atoms with Crippen LogP contribution in [-0.2, 0) is 22.9 Å². The second-order valence-corrected chi connectivity index (χ2v) is 10.8. The number of hydrogen-bond donors (Lipinski definition) is 0. The van der Waals surface area contributed by atoms with Gasteiger partial charge >= 0.3 is 0 Å². The maximum Gasteiger partial charge on any atom is 0.271 e. The number of non-ortho nitro benzene ring substituents is 1. The van der Waals surface area contributed by atoms with Crippen molar-refractivity contribution in [3.05, 3.63) is 104 Å². The number of nitrogens with zero attached hydrogens (tertiary/aromatic N) is 3. The van der Waals surface area contributed by atoms with E-state index >= 15 is 0 Å². The molecular formula is C26H25N3O4S. The Labute approximate surface area is 199 Å². The van der Waals surface area contributed by atoms with E-state index in [1.807, 2.05) is 18.3 Å². The van der Waals surface area contributed by atoms with E-state index in [0.717, 1.165) is 30.2 Å². The van der Waals surface area contributed by atoms with Crippen molar-refractivity contribution < 1.29 is 13.3 Å². The van der Waals surface area contributed by atoms with Crippen LogP contribution in [0.2, 0.25) is 0 Å². The van der Waals surface area contributed by atoms with Crippen LogP contribution in [0, 0.1) is 17.0 Å². The van der Waals surface area contributed by atoms with Crippen LogP contribution in [0.1, 0.15) is 40.8 Å². The zero-order valence-corrected chi connectivity index (χ0v) is 19.7. The van der Waals surface area contributed by atoms with Crippen LogP contribution >= 0.6 is 0 Å². The van der Waals surface area contributed by atoms with Crippen molar-refractivity contribution in [1.82, 2.24) is 9.29 Å². The molecule has 1 aromatic heterocycles. The average molecular weight is 476 g/mol. The third kappa shape index (κ3) is 4.03. The highest BCUT2D eigenvalue weighted by Gasteiger charge is 2.31. The third-order valence-corrected chi connectivity index (χ3v) is 8.52. The summed E-state index contributed by atoms with van der Waals surface area (Å²) < 4.78 is 28.1. The summed E-state index contributed by atoms with van der Waals surface area (Å²) in [5, 5.41) is 11.2. The van der Waals surface area contributed by atoms with Gasteiger partial charge in [0.05, 0.1) is 15.5 Å². The largest absolute Gasteiger partial charge is 0.271 e. The second kappa shape index (κ2) is 8.77. The molecule has 0 bridgehead atoms. The maximum atomic E-state index is 13.3. The van der Waals surface area contributed by atoms with E-state index in [0.29, 0.717) is 31.5 Å². The van der Waals surface area contributed by atoms with Crippen molar-refractivity contribution in [2.24, 2.45) is 0 Å². The molecule has 1 aliphatic carbocycles. The lowest BCUT2D eigenvalue weighted by molar-refractivity contribution is -0.385. The third-order valence-electron chi connectivity index (χ3n) is 6.64. The first kappa shape index (κ1) is 22.4. The van der Waals surface area contributed by atoms with Gasteiger partial charge in [-0.25, -0.2) is 8.42 Å². The van der Waals surface area contributed by atoms with Crippen LogP contribution in [0.25, 0.3) is 5.57 Å². The van der Waals surface area contributed by atoms with Crippen LogP contribution in [-0.4, -0.2) is 35.7 Å². The molecule has 0 N–H and O–H groups in total. The van der Waals surface area contributed by atoms with Crippen molar-refractivity contribution in [3.8, 4) is 0 Å². The second-order valence-electron chi connectivity index (χ2n) is 8.81. The standard InChI is InChI=1S/C26H25N3O4S/c1-18-15-22(29(30)31)17-23(16-18)34(32,33)28-13-10-20(11-14-28)25-24-7-3-2-5-19(24)8-9-21-6-4-12-27-26(21)25/h2-7,12,15-17H,8-11,13-14H2,1H3. The highest BCUT2D eigenvalue weighted by Crippen LogP contribution is 2.38. The molecule has 1 saturated heterocycles. The summed E-state index contributed by atoms with van der Waals surface area (Å²) in [7, 11) is -3.83. The van der Waals surface area contributed by atoms with Gasteiger partial charge in [0.15, 0.2) is 0 Å². The predicted molar refractivity (Wildman–Crippen MR) is 130 cm³/mol. The summed E-state index contributed by atoms with van der Waals surface area (Å²) in [5.41, 5.74) is 7.34. The molecule has 0 amide bonds. The SMILES string of the molecule is Cc1cc([N+](=O)[O-])cc(S(=O)(=O)N2CCC(=C3c4ccccc4CCc4cccnc43)CC2)c1. The molecule has 2 aliphatic rings. The van der Waals surface area contributed by atoms with E-state index in [4.69, 9.17) is 4.98 Å². The first-order chi connectivity index (χ1) is 16.3. The topological polar surface area (TPSA) is 93.4 Å². The molecule has 3 aromatic rings. The molecule has 0 saturated carbocycles. The number of aromatic nitrogens is 1. The van der Waals surface area contributed by atoms with Gasteiger partial charge in [-0.3, -0.25) is 15.1 Å². The fourth-order valence-electron chi connectivity index (χ4n) is 4.98. The normalized spacial score (nSPS) is 16.5. The molecule has 7 nitrogen and oxygen atoms in total. The number of nitro benzene ring substituents is 1. The first-order valence-electron chi connectivity index (χ1n) is 11.4. The molecule has 1 fully saturated rings. The summed E-state index contributed by atoms with van der Waals surface area (Å²) in [6, 6.07) is 16.5. The van der Waals surface area contributed by atoms with Gasteiger partial charge in [0, 0.05) is 37.0 Å². The molecule has 0 spiro atoms. The van der Waals surface area contributed by atoms with Crippen LogP contribution in [0.3, 0.4) is 0 Å². The lowest BCUT2D eigenvalue weighted by Crippen LogP contribution is -2.36. The molecule has 0 atom stereocenters. The molecule has 1 aliphatic heterocycles. The molecule has 34 heavy (non-hydrogen) atoms. The molecule has 174 valence electrons. The van der Waals surface area contributed by atoms with E-state index in [-0.39, 0.29) is 10.6 Å². The molecule has 8 heteroatoms. The summed E-state index contributed by atoms with van der Waals surface area (Å²) >= 11 is 0. The van der Waals surface area contributed by atoms with E-state index in [1.165, 1.54) is 38.7 Å². The Bertz CT molecular complexity index is 1370. The molecular weight excluding hydrogens is 450 g/mol. The number of piperidine rings is 1. The van der Waals surface area contributed by atoms with Crippen LogP contribution in [0.4, 0.5) is 5.69 Å². The monoisotopic (exact) mass is 475 g/mol. The number of benzene rings is 2. The van der Waals surface area contributed by atoms with Gasteiger partial charge in [0.25, 0.3) is 5.69 Å². The van der Waals surface area contributed by atoms with E-state index in [9.17, 15) is 18.5 Å². The number of hydrogen-bond acceptors (Lipinski definition) is 5. The van der Waals surface area contributed by atoms with Gasteiger partial charge in [-0.2, -0.15) is 4.31 Å². The van der Waals surface area contributed by atoms with E-state index in [1.54, 1.807) is 6.92 Å². The van der Waals surface area contributed by atoms with Crippen molar-refractivity contribution in [2.75, 3.05) is 13.1 Å². The van der Waals surface area contributed by atoms with Crippen molar-refractivity contribution >= 4 is 21.3 Å². The van der Waals surface area contributed by atoms with Crippen LogP contribution < -0.4 is 0 Å². The van der Waals surface area contributed by atoms with Gasteiger partial charge in [-0.05, 0) is 67.0 Å². The highest BCUT2D eigenvalue weighted by molar-refractivity contribution is 7.89. The first-order valence-corrected chi connectivity index (χ1v) is 12.8. The number of nitro groups is 1. The number of aryl methyl sites for hydroxylation is 3. The number of fused-ring (bicyclic) bond motifs is 2. The molecule has 2 heterocycles. The fourth-order valence-corrected chi connectivity index (χ4v) is 6.55. The maximum absolute atomic E-state index is 13.3. The number of rotatable bonds is 3. The Hall–Kier alpha value is -3.36. The lowest BCUT2D eigenvalue weighted by Gasteiger charge is -2.29. The van der Waals surface area contributed by atoms with Crippen molar-refractivity contribution in [1.29, 1.82) is 0 Å². The van der Waals surface area contributed by atoms with Crippen LogP contribution in [0.15, 0.2) is 71.3 Å². The average Bonchev–Trinajstić information content (AvgIpc) is 3.00. The Morgan fingerprint density at radius 1 is 0.941 bits per heavy atom. The van der Waals surface area contributed by atoms with Gasteiger partial charge < -0.3 is 0 Å². The van der Waals surface area contributed by atoms with Crippen molar-refractivity contribution in [3.63, 3.8) is 0 Å². The van der Waals surface area contributed by atoms with Crippen molar-refractivity contribution in [2.45, 2.75) is 37.5 Å². The van der Waals surface area contributed by atoms with Crippen LogP contribution in [0.5, 0.6) is 0 Å². The predicted octanol–water partition coefficient (Wildman–Crippen LogP) is 4.68. The van der Waals surface area contributed by atoms with E-state index in [2.05, 4.69) is 24.3 Å². The Kier molecular flexibility index (Phi) is 5.79. The van der Waals surface area contributed by atoms with Gasteiger partial charge in [-0.1, -0.05) is 35.9 Å². The Morgan fingerprint density at radius 3 is 2.41 bits per heavy atom. The minimum Gasteiger partial charge on any atom is -0.258 e. The minimum absolute atomic E-state index is 0.0258. The molecule has 0 radical (unpaired) electrons. The van der Waals surface area contributed by atoms with E-state index < -0.39 is 14.9 Å². The summed E-state index contributed by atoms with van der Waals surface area (Å²) in [5.74, 6) is 0. The van der Waals surface area contributed by atoms with Gasteiger partial charge in [0.2, 0.25) is 10.0 Å². The summed E-state index contributed by atoms with van der Waals surface area (Å²) in [6.45, 7) is 2.32. The van der Waals surface area contributed by atoms with Gasteiger partial charge in [-0.15, -0.1) is 0 Å². The minimum atomic E-state index is -3.83. The zero-order valence-electron chi connectivity index (χ0n) is 18.9. The Balaban J connectivity index is 1.50. The Morgan fingerprint density at radius 2 is 1.65 bits per heavy atom. The molecule has 5 rings (SSSR count). The highest BCUT2D eigenvalue weighted by atomic mass is 32.2. The van der Waals surface area contributed by atoms with Gasteiger partial charge in [0.1, 0.15) is 0 Å². The summed E-state index contributed by atoms with van der Waals surface area (Å²) in [4.78, 5) is 15.4. The fraction of sp³-hybridized carbons (Fsp3) is 0.269. The quantitative estimate of drug-likeness (QED) is 0.405. The zero-order chi connectivity index (χ0) is 23.9. The number of pyridine rings is 1. The number of sulfonamides is 1. The summed E-state index contributed by atoms with van der Waals surface area (Å²) in [6.07, 6.45) is 4.86.